The van der Waals surface area contributed by atoms with Gasteiger partial charge >= 0.3 is 0 Å². The Hall–Kier alpha value is -8.08. The Bertz CT molecular complexity index is 2860. The first-order chi connectivity index (χ1) is 29.8. The number of nitrogens with zero attached hydrogens (tertiary/aromatic N) is 4. The van der Waals surface area contributed by atoms with Gasteiger partial charge in [0.2, 0.25) is 0 Å². The molecule has 10 rings (SSSR count). The molecule has 0 atom stereocenters. The summed E-state index contributed by atoms with van der Waals surface area (Å²) in [5.74, 6) is 0. The minimum atomic E-state index is 0.806. The van der Waals surface area contributed by atoms with Crippen LogP contribution in [-0.4, -0.2) is 19.9 Å². The Kier molecular flexibility index (Phi) is 9.92. The molecule has 0 fully saturated rings. The van der Waals surface area contributed by atoms with Crippen molar-refractivity contribution >= 4 is 0 Å². The maximum Gasteiger partial charge on any atom is 0.0899 e. The molecule has 0 aliphatic rings. The smallest absolute Gasteiger partial charge is 0.0899 e. The van der Waals surface area contributed by atoms with Crippen molar-refractivity contribution in [3.8, 4) is 101 Å². The highest BCUT2D eigenvalue weighted by Crippen LogP contribution is 2.48. The van der Waals surface area contributed by atoms with E-state index >= 15 is 0 Å². The van der Waals surface area contributed by atoms with Crippen molar-refractivity contribution in [3.63, 3.8) is 0 Å². The van der Waals surface area contributed by atoms with E-state index in [4.69, 9.17) is 19.9 Å². The molecule has 0 aliphatic heterocycles. The second-order valence-corrected chi connectivity index (χ2v) is 14.6. The minimum absolute atomic E-state index is 0.806. The number of hydrogen-bond acceptors (Lipinski definition) is 4. The summed E-state index contributed by atoms with van der Waals surface area (Å²) in [6.07, 6.45) is 7.43. The Morgan fingerprint density at radius 1 is 0.200 bits per heavy atom. The Morgan fingerprint density at radius 3 is 0.867 bits per heavy atom. The third kappa shape index (κ3) is 7.08. The van der Waals surface area contributed by atoms with E-state index in [1.165, 1.54) is 0 Å². The van der Waals surface area contributed by atoms with Crippen molar-refractivity contribution in [2.24, 2.45) is 0 Å². The van der Waals surface area contributed by atoms with Crippen LogP contribution in [-0.2, 0) is 0 Å². The van der Waals surface area contributed by atoms with Crippen LogP contribution in [0.1, 0.15) is 0 Å². The lowest BCUT2D eigenvalue weighted by molar-refractivity contribution is 1.21. The van der Waals surface area contributed by atoms with Crippen molar-refractivity contribution in [2.45, 2.75) is 0 Å². The summed E-state index contributed by atoms with van der Waals surface area (Å²) >= 11 is 0. The molecule has 10 aromatic rings. The summed E-state index contributed by atoms with van der Waals surface area (Å²) in [7, 11) is 0. The molecule has 282 valence electrons. The van der Waals surface area contributed by atoms with E-state index in [0.717, 1.165) is 101 Å². The molecule has 0 unspecified atom stereocenters. The van der Waals surface area contributed by atoms with E-state index in [1.54, 1.807) is 0 Å². The van der Waals surface area contributed by atoms with Gasteiger partial charge in [-0.1, -0.05) is 206 Å². The van der Waals surface area contributed by atoms with Crippen LogP contribution in [0.15, 0.2) is 231 Å². The van der Waals surface area contributed by atoms with Crippen LogP contribution < -0.4 is 0 Å². The second kappa shape index (κ2) is 16.4. The lowest BCUT2D eigenvalue weighted by atomic mass is 9.82. The van der Waals surface area contributed by atoms with Crippen LogP contribution in [0.2, 0.25) is 0 Å². The lowest BCUT2D eigenvalue weighted by Gasteiger charge is -2.22. The molecule has 0 saturated carbocycles. The fourth-order valence-electron chi connectivity index (χ4n) is 8.19. The quantitative estimate of drug-likeness (QED) is 0.147. The summed E-state index contributed by atoms with van der Waals surface area (Å²) in [6.45, 7) is 0. The van der Waals surface area contributed by atoms with E-state index in [0.29, 0.717) is 0 Å². The van der Waals surface area contributed by atoms with Gasteiger partial charge in [-0.2, -0.15) is 0 Å². The van der Waals surface area contributed by atoms with E-state index in [1.807, 2.05) is 61.2 Å². The summed E-state index contributed by atoms with van der Waals surface area (Å²) < 4.78 is 0. The van der Waals surface area contributed by atoms with Gasteiger partial charge in [0, 0.05) is 22.3 Å². The summed E-state index contributed by atoms with van der Waals surface area (Å²) in [6, 6.07) is 72.2. The van der Waals surface area contributed by atoms with Crippen LogP contribution >= 0.6 is 0 Å². The minimum Gasteiger partial charge on any atom is -0.260 e. The highest BCUT2D eigenvalue weighted by Gasteiger charge is 2.23. The van der Waals surface area contributed by atoms with Crippen molar-refractivity contribution in [3.05, 3.63) is 231 Å². The van der Waals surface area contributed by atoms with Crippen LogP contribution in [0.3, 0.4) is 0 Å². The molecule has 4 nitrogen and oxygen atoms in total. The third-order valence-corrected chi connectivity index (χ3v) is 10.9. The first-order valence-electron chi connectivity index (χ1n) is 20.1. The zero-order chi connectivity index (χ0) is 40.1. The molecule has 60 heavy (non-hydrogen) atoms. The van der Waals surface area contributed by atoms with Gasteiger partial charge in [0.1, 0.15) is 0 Å². The van der Waals surface area contributed by atoms with Crippen molar-refractivity contribution in [1.29, 1.82) is 0 Å². The lowest BCUT2D eigenvalue weighted by Crippen LogP contribution is -1.98. The summed E-state index contributed by atoms with van der Waals surface area (Å²) in [5, 5.41) is 0. The molecule has 8 aromatic carbocycles. The third-order valence-electron chi connectivity index (χ3n) is 10.9. The molecule has 0 saturated heterocycles. The largest absolute Gasteiger partial charge is 0.260 e. The molecule has 0 aliphatic carbocycles. The van der Waals surface area contributed by atoms with Gasteiger partial charge in [0.15, 0.2) is 0 Å². The number of hydrogen-bond donors (Lipinski definition) is 0. The first kappa shape index (κ1) is 36.3. The molecule has 0 radical (unpaired) electrons. The summed E-state index contributed by atoms with van der Waals surface area (Å²) in [5.41, 5.74) is 18.4. The Labute approximate surface area is 350 Å². The van der Waals surface area contributed by atoms with E-state index in [-0.39, 0.29) is 0 Å². The number of rotatable bonds is 9. The van der Waals surface area contributed by atoms with E-state index < -0.39 is 0 Å². The normalized spacial score (nSPS) is 11.0. The molecule has 4 heteroatoms. The predicted octanol–water partition coefficient (Wildman–Crippen LogP) is 14.3. The zero-order valence-electron chi connectivity index (χ0n) is 32.7. The number of benzene rings is 8. The van der Waals surface area contributed by atoms with Crippen molar-refractivity contribution in [1.82, 2.24) is 19.9 Å². The topological polar surface area (TPSA) is 51.6 Å². The van der Waals surface area contributed by atoms with Gasteiger partial charge in [-0.15, -0.1) is 0 Å². The van der Waals surface area contributed by atoms with Crippen LogP contribution in [0.4, 0.5) is 0 Å². The van der Waals surface area contributed by atoms with Crippen LogP contribution in [0.25, 0.3) is 101 Å². The van der Waals surface area contributed by atoms with Crippen molar-refractivity contribution in [2.75, 3.05) is 0 Å². The SMILES string of the molecule is c1ccc(-c2cncc(-c3cccc(-c4ccccc4)c3-c3ccccc3-c3ccccc3-c3c(-c4ccccc4)cccc3-c3cncc(-c4ccccc4)n3)n2)cc1. The summed E-state index contributed by atoms with van der Waals surface area (Å²) in [4.78, 5) is 20.0. The van der Waals surface area contributed by atoms with Gasteiger partial charge in [-0.25, -0.2) is 9.97 Å². The first-order valence-corrected chi connectivity index (χ1v) is 20.1. The van der Waals surface area contributed by atoms with Gasteiger partial charge in [-0.3, -0.25) is 9.97 Å². The highest BCUT2D eigenvalue weighted by molar-refractivity contribution is 6.04. The highest BCUT2D eigenvalue weighted by atomic mass is 14.8. The molecule has 0 bridgehead atoms. The van der Waals surface area contributed by atoms with E-state index in [2.05, 4.69) is 170 Å². The molecular weight excluding hydrogens is 729 g/mol. The van der Waals surface area contributed by atoms with Gasteiger partial charge < -0.3 is 0 Å². The second-order valence-electron chi connectivity index (χ2n) is 14.6. The average Bonchev–Trinajstić information content (AvgIpc) is 3.34. The average molecular weight is 767 g/mol. The number of aromatic nitrogens is 4. The monoisotopic (exact) mass is 766 g/mol. The molecule has 0 amide bonds. The molecule has 2 heterocycles. The molecular formula is C56H38N4. The van der Waals surface area contributed by atoms with E-state index in [9.17, 15) is 0 Å². The zero-order valence-corrected chi connectivity index (χ0v) is 32.7. The predicted molar refractivity (Wildman–Crippen MR) is 247 cm³/mol. The fraction of sp³-hybridized carbons (Fsp3) is 0. The van der Waals surface area contributed by atoms with Crippen molar-refractivity contribution < 1.29 is 0 Å². The van der Waals surface area contributed by atoms with Gasteiger partial charge in [0.25, 0.3) is 0 Å². The van der Waals surface area contributed by atoms with Crippen LogP contribution in [0, 0.1) is 0 Å². The van der Waals surface area contributed by atoms with Gasteiger partial charge in [-0.05, 0) is 55.6 Å². The molecule has 0 N–H and O–H groups in total. The van der Waals surface area contributed by atoms with Crippen LogP contribution in [0.5, 0.6) is 0 Å². The Morgan fingerprint density at radius 2 is 0.483 bits per heavy atom. The maximum atomic E-state index is 5.25. The standard InChI is InChI=1S/C56H38N4/c1-5-19-39(20-6-1)43-31-17-33-49(53-37-57-35-51(59-53)41-23-9-3-10-24-41)55(43)47-29-15-13-27-45(47)46-28-14-16-30-48(46)56-44(40-21-7-2-8-22-40)32-18-34-50(56)54-38-58-36-52(60-54)42-25-11-4-12-26-42/h1-38H. The fourth-order valence-corrected chi connectivity index (χ4v) is 8.19. The molecule has 2 aromatic heterocycles. The van der Waals surface area contributed by atoms with Gasteiger partial charge in [0.05, 0.1) is 47.6 Å². The Balaban J connectivity index is 1.22. The molecule has 0 spiro atoms. The maximum absolute atomic E-state index is 5.25.